The van der Waals surface area contributed by atoms with Gasteiger partial charge < -0.3 is 9.15 Å². The van der Waals surface area contributed by atoms with Gasteiger partial charge in [0.2, 0.25) is 0 Å². The lowest BCUT2D eigenvalue weighted by atomic mass is 9.82. The van der Waals surface area contributed by atoms with Crippen LogP contribution >= 0.6 is 11.6 Å². The Kier molecular flexibility index (Phi) is 4.44. The number of halogens is 1. The van der Waals surface area contributed by atoms with Gasteiger partial charge in [0.05, 0.1) is 5.41 Å². The van der Waals surface area contributed by atoms with Gasteiger partial charge in [-0.1, -0.05) is 54.9 Å². The van der Waals surface area contributed by atoms with Gasteiger partial charge in [-0.15, -0.1) is 0 Å². The van der Waals surface area contributed by atoms with Gasteiger partial charge in [0.25, 0.3) is 0 Å². The van der Waals surface area contributed by atoms with Crippen LogP contribution in [0.1, 0.15) is 39.1 Å². The van der Waals surface area contributed by atoms with Crippen LogP contribution in [-0.2, 0) is 4.79 Å². The van der Waals surface area contributed by atoms with Crippen molar-refractivity contribution in [3.63, 3.8) is 0 Å². The Hall–Kier alpha value is -4.03. The molecule has 4 aromatic rings. The van der Waals surface area contributed by atoms with E-state index in [-0.39, 0.29) is 5.56 Å². The van der Waals surface area contributed by atoms with E-state index >= 15 is 0 Å². The molecule has 1 saturated carbocycles. The first kappa shape index (κ1) is 21.5. The van der Waals surface area contributed by atoms with Gasteiger partial charge in [-0.05, 0) is 42.5 Å². The van der Waals surface area contributed by atoms with Crippen molar-refractivity contribution in [2.45, 2.75) is 12.8 Å². The SMILES string of the molecule is C[C@]1(C(=O)c2ccc(Cl)cc2)[C@@H]2c3ccccc3OC(=O)[C@@]21C(=O)c1cc2ccccc2oc1=O. The molecule has 0 saturated heterocycles. The summed E-state index contributed by atoms with van der Waals surface area (Å²) in [5.74, 6) is -2.57. The van der Waals surface area contributed by atoms with Crippen molar-refractivity contribution >= 4 is 40.1 Å². The average molecular weight is 485 g/mol. The molecule has 6 nitrogen and oxygen atoms in total. The number of fused-ring (bicyclic) bond motifs is 4. The van der Waals surface area contributed by atoms with E-state index in [9.17, 15) is 19.2 Å². The number of Topliss-reactive ketones (excluding diaryl/α,β-unsaturated/α-hetero) is 2. The number of carbonyl (C=O) groups excluding carboxylic acids is 3. The zero-order valence-electron chi connectivity index (χ0n) is 18.4. The first-order valence-electron chi connectivity index (χ1n) is 11.0. The smallest absolute Gasteiger partial charge is 0.347 e. The molecule has 0 spiro atoms. The lowest BCUT2D eigenvalue weighted by molar-refractivity contribution is -0.140. The molecule has 0 N–H and O–H groups in total. The number of hydrogen-bond acceptors (Lipinski definition) is 6. The molecule has 0 bridgehead atoms. The quantitative estimate of drug-likeness (QED) is 0.130. The molecule has 0 radical (unpaired) electrons. The molecule has 3 atom stereocenters. The van der Waals surface area contributed by atoms with Crippen LogP contribution in [0.3, 0.4) is 0 Å². The fourth-order valence-electron chi connectivity index (χ4n) is 5.59. The number of hydrogen-bond donors (Lipinski definition) is 0. The summed E-state index contributed by atoms with van der Waals surface area (Å²) in [6, 6.07) is 21.2. The van der Waals surface area contributed by atoms with Crippen LogP contribution in [0.4, 0.5) is 0 Å². The molecule has 6 rings (SSSR count). The van der Waals surface area contributed by atoms with Gasteiger partial charge in [-0.2, -0.15) is 0 Å². The minimum absolute atomic E-state index is 0.294. The molecule has 0 unspecified atom stereocenters. The van der Waals surface area contributed by atoms with E-state index in [1.54, 1.807) is 79.7 Å². The summed E-state index contributed by atoms with van der Waals surface area (Å²) in [5, 5.41) is 0.976. The molecule has 0 amide bonds. The van der Waals surface area contributed by atoms with E-state index in [2.05, 4.69) is 0 Å². The maximum atomic E-state index is 14.1. The fraction of sp³-hybridized carbons (Fsp3) is 0.143. The van der Waals surface area contributed by atoms with Gasteiger partial charge in [0.1, 0.15) is 16.9 Å². The van der Waals surface area contributed by atoms with Gasteiger partial charge in [0.15, 0.2) is 17.0 Å². The van der Waals surface area contributed by atoms with Gasteiger partial charge in [-0.25, -0.2) is 4.79 Å². The van der Waals surface area contributed by atoms with Gasteiger partial charge >= 0.3 is 11.6 Å². The second-order valence-corrected chi connectivity index (χ2v) is 9.46. The molecule has 1 aliphatic carbocycles. The minimum Gasteiger partial charge on any atom is -0.425 e. The maximum absolute atomic E-state index is 14.1. The van der Waals surface area contributed by atoms with Crippen molar-refractivity contribution in [3.8, 4) is 5.75 Å². The Morgan fingerprint density at radius 3 is 2.34 bits per heavy atom. The topological polar surface area (TPSA) is 90.7 Å². The number of benzene rings is 3. The molecule has 1 aliphatic heterocycles. The highest BCUT2D eigenvalue weighted by molar-refractivity contribution is 6.31. The summed E-state index contributed by atoms with van der Waals surface area (Å²) in [7, 11) is 0. The second kappa shape index (κ2) is 7.23. The zero-order valence-corrected chi connectivity index (χ0v) is 19.2. The third kappa shape index (κ3) is 2.71. The van der Waals surface area contributed by atoms with Crippen molar-refractivity contribution < 1.29 is 23.5 Å². The minimum atomic E-state index is -1.91. The molecule has 1 fully saturated rings. The van der Waals surface area contributed by atoms with Crippen LogP contribution in [0.2, 0.25) is 5.02 Å². The van der Waals surface area contributed by atoms with E-state index in [4.69, 9.17) is 20.8 Å². The molecule has 172 valence electrons. The molecule has 35 heavy (non-hydrogen) atoms. The number of para-hydroxylation sites is 2. The number of ketones is 2. The highest BCUT2D eigenvalue weighted by Crippen LogP contribution is 2.79. The Balaban J connectivity index is 1.58. The molecule has 1 aromatic heterocycles. The van der Waals surface area contributed by atoms with Crippen LogP contribution in [0.5, 0.6) is 5.75 Å². The third-order valence-electron chi connectivity index (χ3n) is 7.32. The zero-order chi connectivity index (χ0) is 24.5. The van der Waals surface area contributed by atoms with Crippen molar-refractivity contribution in [2.24, 2.45) is 10.8 Å². The summed E-state index contributed by atoms with van der Waals surface area (Å²) in [6.45, 7) is 1.58. The first-order chi connectivity index (χ1) is 16.8. The van der Waals surface area contributed by atoms with E-state index in [0.717, 1.165) is 0 Å². The van der Waals surface area contributed by atoms with Crippen molar-refractivity contribution in [1.82, 2.24) is 0 Å². The van der Waals surface area contributed by atoms with Crippen LogP contribution < -0.4 is 10.4 Å². The monoisotopic (exact) mass is 484 g/mol. The van der Waals surface area contributed by atoms with Crippen molar-refractivity contribution in [3.05, 3.63) is 111 Å². The fourth-order valence-corrected chi connectivity index (χ4v) is 5.72. The summed E-state index contributed by atoms with van der Waals surface area (Å²) >= 11 is 6.00. The standard InChI is InChI=1S/C28H17ClO6/c1-27(23(30)15-10-12-17(29)13-11-15)22-18-7-3-5-9-21(18)35-26(33)28(22,27)24(31)19-14-16-6-2-4-8-20(16)34-25(19)32/h2-14,22H,1H3/t22-,27+,28-/m0/s1. The second-order valence-electron chi connectivity index (χ2n) is 9.02. The summed E-state index contributed by atoms with van der Waals surface area (Å²) in [5.41, 5.74) is -3.38. The Bertz CT molecular complexity index is 1640. The number of ether oxygens (including phenoxy) is 1. The maximum Gasteiger partial charge on any atom is 0.347 e. The van der Waals surface area contributed by atoms with Crippen molar-refractivity contribution in [2.75, 3.05) is 0 Å². The van der Waals surface area contributed by atoms with Crippen LogP contribution in [-0.4, -0.2) is 17.5 Å². The molecule has 7 heteroatoms. The summed E-state index contributed by atoms with van der Waals surface area (Å²) < 4.78 is 11.0. The van der Waals surface area contributed by atoms with Gasteiger partial charge in [0, 0.05) is 27.5 Å². The normalized spacial score (nSPS) is 24.3. The highest BCUT2D eigenvalue weighted by atomic mass is 35.5. The molecule has 3 aromatic carbocycles. The first-order valence-corrected chi connectivity index (χ1v) is 11.4. The van der Waals surface area contributed by atoms with Crippen LogP contribution in [0.25, 0.3) is 11.0 Å². The molecular formula is C28H17ClO6. The van der Waals surface area contributed by atoms with Crippen LogP contribution in [0.15, 0.2) is 88.1 Å². The Morgan fingerprint density at radius 1 is 0.886 bits per heavy atom. The lowest BCUT2D eigenvalue weighted by Crippen LogP contribution is -2.40. The number of carbonyl (C=O) groups is 3. The van der Waals surface area contributed by atoms with E-state index in [0.29, 0.717) is 32.9 Å². The Labute approximate surface area is 204 Å². The summed E-state index contributed by atoms with van der Waals surface area (Å²) in [6.07, 6.45) is 0. The highest BCUT2D eigenvalue weighted by Gasteiger charge is 2.87. The predicted octanol–water partition coefficient (Wildman–Crippen LogP) is 5.22. The lowest BCUT2D eigenvalue weighted by Gasteiger charge is -2.22. The average Bonchev–Trinajstić information content (AvgIpc) is 3.46. The Morgan fingerprint density at radius 2 is 1.57 bits per heavy atom. The van der Waals surface area contributed by atoms with Crippen LogP contribution in [0, 0.1) is 10.8 Å². The molecular weight excluding hydrogens is 468 g/mol. The largest absolute Gasteiger partial charge is 0.425 e. The molecule has 2 aliphatic rings. The molecule has 2 heterocycles. The van der Waals surface area contributed by atoms with Gasteiger partial charge in [-0.3, -0.25) is 14.4 Å². The van der Waals surface area contributed by atoms with E-state index in [1.807, 2.05) is 0 Å². The number of esters is 1. The van der Waals surface area contributed by atoms with Crippen molar-refractivity contribution in [1.29, 1.82) is 0 Å². The van der Waals surface area contributed by atoms with E-state index < -0.39 is 39.9 Å². The van der Waals surface area contributed by atoms with E-state index in [1.165, 1.54) is 6.07 Å². The number of rotatable bonds is 4. The third-order valence-corrected chi connectivity index (χ3v) is 7.58. The summed E-state index contributed by atoms with van der Waals surface area (Å²) in [4.78, 5) is 54.5. The predicted molar refractivity (Wildman–Crippen MR) is 128 cm³/mol.